The summed E-state index contributed by atoms with van der Waals surface area (Å²) in [6, 6.07) is 3.58. The maximum atomic E-state index is 12.6. The average Bonchev–Trinajstić information content (AvgIpc) is 2.79. The fraction of sp³-hybridized carbons (Fsp3) is 0.667. The molecule has 226 valence electrons. The van der Waals surface area contributed by atoms with E-state index in [4.69, 9.17) is 18.9 Å². The highest BCUT2D eigenvalue weighted by molar-refractivity contribution is 5.77. The molecule has 2 N–H and O–H groups in total. The molecule has 0 spiro atoms. The molecule has 3 atom stereocenters. The van der Waals surface area contributed by atoms with Crippen LogP contribution in [-0.4, -0.2) is 54.5 Å². The first-order chi connectivity index (χ1) is 18.4. The molecule has 0 fully saturated rings. The monoisotopic (exact) mass is 565 g/mol. The molecule has 0 saturated heterocycles. The molecule has 0 aromatic heterocycles. The number of esters is 2. The number of carboxylic acid groups (broad SMARTS) is 1. The molecule has 0 aliphatic rings. The maximum absolute atomic E-state index is 12.6. The van der Waals surface area contributed by atoms with Crippen molar-refractivity contribution in [3.05, 3.63) is 23.8 Å². The van der Waals surface area contributed by atoms with Crippen molar-refractivity contribution < 1.29 is 43.2 Å². The topological polar surface area (TPSA) is 137 Å². The van der Waals surface area contributed by atoms with E-state index in [1.54, 1.807) is 13.0 Å². The van der Waals surface area contributed by atoms with Gasteiger partial charge in [0, 0.05) is 6.54 Å². The first kappa shape index (κ1) is 34.9. The highest BCUT2D eigenvalue weighted by Crippen LogP contribution is 2.32. The van der Waals surface area contributed by atoms with Crippen molar-refractivity contribution in [1.82, 2.24) is 5.32 Å². The number of hydrogen-bond donors (Lipinski definition) is 2. The van der Waals surface area contributed by atoms with Crippen molar-refractivity contribution in [3.63, 3.8) is 0 Å². The molecule has 1 rings (SSSR count). The Bertz CT molecular complexity index is 1010. The zero-order chi connectivity index (χ0) is 30.7. The summed E-state index contributed by atoms with van der Waals surface area (Å²) in [4.78, 5) is 48.9. The van der Waals surface area contributed by atoms with Crippen LogP contribution in [0.4, 0.5) is 4.79 Å². The van der Waals surface area contributed by atoms with Gasteiger partial charge < -0.3 is 29.4 Å². The summed E-state index contributed by atoms with van der Waals surface area (Å²) in [5.41, 5.74) is -0.0859. The second-order valence-electron chi connectivity index (χ2n) is 12.7. The van der Waals surface area contributed by atoms with Crippen LogP contribution in [0.1, 0.15) is 87.1 Å². The number of carboxylic acids is 1. The molecule has 0 saturated carbocycles. The Morgan fingerprint density at radius 2 is 1.45 bits per heavy atom. The van der Waals surface area contributed by atoms with Gasteiger partial charge in [-0.25, -0.2) is 4.79 Å². The van der Waals surface area contributed by atoms with E-state index in [0.717, 1.165) is 6.42 Å². The van der Waals surface area contributed by atoms with Crippen molar-refractivity contribution >= 4 is 24.1 Å². The molecule has 0 heterocycles. The minimum Gasteiger partial charge on any atom is -0.480 e. The highest BCUT2D eigenvalue weighted by Gasteiger charge is 2.24. The fourth-order valence-electron chi connectivity index (χ4n) is 3.39. The van der Waals surface area contributed by atoms with Gasteiger partial charge >= 0.3 is 24.1 Å². The SMILES string of the molecule is CCC(C)COC(=O)OC(C)CN[C@@H](Cc1ccc(OC(=O)CC(C)(C)C)c(OC(=O)CC(C)(C)C)c1)C(=O)O. The summed E-state index contributed by atoms with van der Waals surface area (Å²) >= 11 is 0. The van der Waals surface area contributed by atoms with E-state index in [2.05, 4.69) is 5.32 Å². The maximum Gasteiger partial charge on any atom is 0.508 e. The van der Waals surface area contributed by atoms with Gasteiger partial charge in [-0.05, 0) is 47.8 Å². The summed E-state index contributed by atoms with van der Waals surface area (Å²) < 4.78 is 21.3. The van der Waals surface area contributed by atoms with E-state index < -0.39 is 36.2 Å². The minimum absolute atomic E-state index is 0.0283. The van der Waals surface area contributed by atoms with Crippen molar-refractivity contribution in [2.24, 2.45) is 16.7 Å². The number of carbonyl (C=O) groups excluding carboxylic acids is 3. The Labute approximate surface area is 238 Å². The summed E-state index contributed by atoms with van der Waals surface area (Å²) in [6.07, 6.45) is -0.266. The predicted molar refractivity (Wildman–Crippen MR) is 150 cm³/mol. The number of carbonyl (C=O) groups is 4. The van der Waals surface area contributed by atoms with Crippen LogP contribution >= 0.6 is 0 Å². The van der Waals surface area contributed by atoms with Crippen LogP contribution in [0.2, 0.25) is 0 Å². The molecule has 0 radical (unpaired) electrons. The van der Waals surface area contributed by atoms with Crippen molar-refractivity contribution in [2.45, 2.75) is 100 Å². The number of ether oxygens (including phenoxy) is 4. The smallest absolute Gasteiger partial charge is 0.480 e. The first-order valence-electron chi connectivity index (χ1n) is 13.7. The standard InChI is InChI=1S/C30H47NO9/c1-10-19(2)18-37-28(36)38-20(3)17-31-22(27(34)35)13-21-11-12-23(39-25(32)15-29(4,5)6)24(14-21)40-26(33)16-30(7,8)9/h11-12,14,19-20,22,31H,10,13,15-18H2,1-9H3,(H,34,35)/t19?,20?,22-/m0/s1. The summed E-state index contributed by atoms with van der Waals surface area (Å²) in [5.74, 6) is -1.76. The molecule has 0 aliphatic heterocycles. The average molecular weight is 566 g/mol. The van der Waals surface area contributed by atoms with Gasteiger partial charge in [0.25, 0.3) is 0 Å². The molecule has 10 nitrogen and oxygen atoms in total. The Hall–Kier alpha value is -3.14. The Morgan fingerprint density at radius 1 is 0.900 bits per heavy atom. The van der Waals surface area contributed by atoms with E-state index in [1.165, 1.54) is 12.1 Å². The molecular formula is C30H47NO9. The van der Waals surface area contributed by atoms with E-state index >= 15 is 0 Å². The number of hydrogen-bond acceptors (Lipinski definition) is 9. The van der Waals surface area contributed by atoms with Crippen molar-refractivity contribution in [2.75, 3.05) is 13.2 Å². The molecule has 1 aromatic rings. The third kappa shape index (κ3) is 14.9. The van der Waals surface area contributed by atoms with E-state index in [1.807, 2.05) is 55.4 Å². The Balaban J connectivity index is 2.99. The van der Waals surface area contributed by atoms with E-state index in [9.17, 15) is 24.3 Å². The number of aliphatic carboxylic acids is 1. The van der Waals surface area contributed by atoms with Gasteiger partial charge in [0.2, 0.25) is 0 Å². The third-order valence-corrected chi connectivity index (χ3v) is 5.67. The van der Waals surface area contributed by atoms with Crippen LogP contribution in [0.5, 0.6) is 11.5 Å². The molecule has 0 amide bonds. The summed E-state index contributed by atoms with van der Waals surface area (Å²) in [7, 11) is 0. The highest BCUT2D eigenvalue weighted by atomic mass is 16.7. The second-order valence-corrected chi connectivity index (χ2v) is 12.7. The third-order valence-electron chi connectivity index (χ3n) is 5.67. The molecule has 0 bridgehead atoms. The van der Waals surface area contributed by atoms with Gasteiger partial charge in [0.1, 0.15) is 12.1 Å². The number of rotatable bonds is 14. The largest absolute Gasteiger partial charge is 0.508 e. The van der Waals surface area contributed by atoms with Gasteiger partial charge in [0.15, 0.2) is 11.5 Å². The van der Waals surface area contributed by atoms with Crippen LogP contribution in [0, 0.1) is 16.7 Å². The van der Waals surface area contributed by atoms with Gasteiger partial charge in [0.05, 0.1) is 19.4 Å². The zero-order valence-electron chi connectivity index (χ0n) is 25.4. The Kier molecular flexibility index (Phi) is 13.6. The van der Waals surface area contributed by atoms with E-state index in [-0.39, 0.29) is 60.7 Å². The molecule has 40 heavy (non-hydrogen) atoms. The lowest BCUT2D eigenvalue weighted by Crippen LogP contribution is -2.42. The van der Waals surface area contributed by atoms with E-state index in [0.29, 0.717) is 5.56 Å². The number of benzene rings is 1. The predicted octanol–water partition coefficient (Wildman–Crippen LogP) is 5.54. The second kappa shape index (κ2) is 15.6. The molecule has 2 unspecified atom stereocenters. The normalized spacial score (nSPS) is 14.0. The van der Waals surface area contributed by atoms with Gasteiger partial charge in [-0.2, -0.15) is 0 Å². The lowest BCUT2D eigenvalue weighted by atomic mass is 9.92. The molecule has 0 aliphatic carbocycles. The molecule has 10 heteroatoms. The van der Waals surface area contributed by atoms with Crippen molar-refractivity contribution in [1.29, 1.82) is 0 Å². The van der Waals surface area contributed by atoms with Crippen LogP contribution in [0.3, 0.4) is 0 Å². The zero-order valence-corrected chi connectivity index (χ0v) is 25.4. The van der Waals surface area contributed by atoms with Gasteiger partial charge in [-0.3, -0.25) is 14.4 Å². The lowest BCUT2D eigenvalue weighted by Gasteiger charge is -2.21. The van der Waals surface area contributed by atoms with Crippen LogP contribution < -0.4 is 14.8 Å². The minimum atomic E-state index is -1.11. The Morgan fingerprint density at radius 3 is 1.95 bits per heavy atom. The quantitative estimate of drug-likeness (QED) is 0.218. The van der Waals surface area contributed by atoms with Crippen molar-refractivity contribution in [3.8, 4) is 11.5 Å². The fourth-order valence-corrected chi connectivity index (χ4v) is 3.39. The lowest BCUT2D eigenvalue weighted by molar-refractivity contribution is -0.139. The molecule has 1 aromatic carbocycles. The van der Waals surface area contributed by atoms with Crippen LogP contribution in [-0.2, 0) is 30.3 Å². The molecular weight excluding hydrogens is 518 g/mol. The summed E-state index contributed by atoms with van der Waals surface area (Å²) in [6.45, 7) is 17.3. The van der Waals surface area contributed by atoms with Gasteiger partial charge in [-0.1, -0.05) is 67.9 Å². The first-order valence-corrected chi connectivity index (χ1v) is 13.7. The summed E-state index contributed by atoms with van der Waals surface area (Å²) in [5, 5.41) is 12.7. The van der Waals surface area contributed by atoms with Crippen LogP contribution in [0.15, 0.2) is 18.2 Å². The number of nitrogens with one attached hydrogen (secondary N) is 1. The van der Waals surface area contributed by atoms with Gasteiger partial charge in [-0.15, -0.1) is 0 Å². The van der Waals surface area contributed by atoms with Crippen LogP contribution in [0.25, 0.3) is 0 Å².